The molecule has 6 heteroatoms. The monoisotopic (exact) mass is 277 g/mol. The van der Waals surface area contributed by atoms with Crippen molar-refractivity contribution < 1.29 is 19.4 Å². The van der Waals surface area contributed by atoms with E-state index < -0.39 is 11.6 Å². The molecular formula is C14H15NO5. The first kappa shape index (κ1) is 14.1. The largest absolute Gasteiger partial charge is 0.508 e. The summed E-state index contributed by atoms with van der Waals surface area (Å²) in [6, 6.07) is 5.99. The van der Waals surface area contributed by atoms with Crippen LogP contribution in [0.25, 0.3) is 11.0 Å². The topological polar surface area (TPSA) is 99.8 Å². The van der Waals surface area contributed by atoms with E-state index in [-0.39, 0.29) is 12.2 Å². The van der Waals surface area contributed by atoms with Crippen LogP contribution in [0.15, 0.2) is 33.5 Å². The van der Waals surface area contributed by atoms with Gasteiger partial charge in [-0.05, 0) is 30.7 Å². The van der Waals surface area contributed by atoms with Gasteiger partial charge in [0.05, 0.1) is 0 Å². The molecule has 0 saturated heterocycles. The summed E-state index contributed by atoms with van der Waals surface area (Å²) >= 11 is 0. The van der Waals surface area contributed by atoms with Crippen molar-refractivity contribution in [3.8, 4) is 5.75 Å². The summed E-state index contributed by atoms with van der Waals surface area (Å²) in [7, 11) is 0. The van der Waals surface area contributed by atoms with Crippen LogP contribution in [0.2, 0.25) is 0 Å². The minimum atomic E-state index is -0.826. The normalized spacial score (nSPS) is 10.8. The van der Waals surface area contributed by atoms with E-state index in [2.05, 4.69) is 5.32 Å². The van der Waals surface area contributed by atoms with Gasteiger partial charge >= 0.3 is 11.6 Å². The highest BCUT2D eigenvalue weighted by molar-refractivity contribution is 5.81. The van der Waals surface area contributed by atoms with Crippen LogP contribution in [0, 0.1) is 0 Å². The summed E-state index contributed by atoms with van der Waals surface area (Å²) in [6.45, 7) is 0.985. The highest BCUT2D eigenvalue weighted by atomic mass is 16.4. The Morgan fingerprint density at radius 3 is 2.85 bits per heavy atom. The van der Waals surface area contributed by atoms with E-state index in [1.54, 1.807) is 6.07 Å². The lowest BCUT2D eigenvalue weighted by Crippen LogP contribution is -2.17. The first-order valence-corrected chi connectivity index (χ1v) is 6.24. The van der Waals surface area contributed by atoms with Gasteiger partial charge < -0.3 is 19.9 Å². The van der Waals surface area contributed by atoms with Crippen LogP contribution in [-0.2, 0) is 11.3 Å². The van der Waals surface area contributed by atoms with Crippen LogP contribution >= 0.6 is 0 Å². The summed E-state index contributed by atoms with van der Waals surface area (Å²) in [4.78, 5) is 21.8. The lowest BCUT2D eigenvalue weighted by molar-refractivity contribution is -0.137. The number of carbonyl (C=O) groups is 1. The van der Waals surface area contributed by atoms with Gasteiger partial charge in [0.2, 0.25) is 0 Å². The molecule has 1 aromatic carbocycles. The zero-order valence-corrected chi connectivity index (χ0v) is 10.8. The summed E-state index contributed by atoms with van der Waals surface area (Å²) in [6.07, 6.45) is 0.633. The fraction of sp³-hybridized carbons (Fsp3) is 0.286. The first-order valence-electron chi connectivity index (χ1n) is 6.24. The molecule has 0 fully saturated rings. The lowest BCUT2D eigenvalue weighted by atomic mass is 10.1. The summed E-state index contributed by atoms with van der Waals surface area (Å²) in [5.74, 6) is -0.791. The number of aliphatic carboxylic acids is 1. The maximum Gasteiger partial charge on any atom is 0.336 e. The van der Waals surface area contributed by atoms with Crippen molar-refractivity contribution in [2.45, 2.75) is 19.4 Å². The van der Waals surface area contributed by atoms with Crippen molar-refractivity contribution in [2.75, 3.05) is 6.54 Å². The zero-order chi connectivity index (χ0) is 14.5. The van der Waals surface area contributed by atoms with Crippen LogP contribution in [0.5, 0.6) is 5.75 Å². The van der Waals surface area contributed by atoms with E-state index in [0.717, 1.165) is 10.9 Å². The Morgan fingerprint density at radius 2 is 2.10 bits per heavy atom. The molecule has 106 valence electrons. The standard InChI is InChI=1S/C14H15NO5/c16-10-3-4-11-9(6-14(19)20-12(11)7-10)8-15-5-1-2-13(17)18/h3-4,6-7,15-16H,1-2,5,8H2,(H,17,18). The van der Waals surface area contributed by atoms with Crippen LogP contribution in [0.1, 0.15) is 18.4 Å². The number of carboxylic acid groups (broad SMARTS) is 1. The number of rotatable bonds is 6. The number of phenols is 1. The fourth-order valence-corrected chi connectivity index (χ4v) is 1.95. The van der Waals surface area contributed by atoms with Gasteiger partial charge in [0, 0.05) is 30.5 Å². The van der Waals surface area contributed by atoms with Gasteiger partial charge in [0.15, 0.2) is 0 Å². The number of aromatic hydroxyl groups is 1. The maximum absolute atomic E-state index is 11.4. The SMILES string of the molecule is O=C(O)CCCNCc1cc(=O)oc2cc(O)ccc12. The number of hydrogen-bond acceptors (Lipinski definition) is 5. The maximum atomic E-state index is 11.4. The molecule has 20 heavy (non-hydrogen) atoms. The molecule has 6 nitrogen and oxygen atoms in total. The number of phenolic OH excluding ortho intramolecular Hbond substituents is 1. The Balaban J connectivity index is 2.09. The third kappa shape index (κ3) is 3.58. The molecule has 0 radical (unpaired) electrons. The smallest absolute Gasteiger partial charge is 0.336 e. The van der Waals surface area contributed by atoms with Gasteiger partial charge in [-0.15, -0.1) is 0 Å². The predicted molar refractivity (Wildman–Crippen MR) is 72.7 cm³/mol. The van der Waals surface area contributed by atoms with E-state index in [1.807, 2.05) is 0 Å². The van der Waals surface area contributed by atoms with Crippen LogP contribution in [-0.4, -0.2) is 22.7 Å². The second-order valence-electron chi connectivity index (χ2n) is 4.45. The third-order valence-corrected chi connectivity index (χ3v) is 2.87. The van der Waals surface area contributed by atoms with E-state index >= 15 is 0 Å². The molecule has 2 aromatic rings. The Bertz CT molecular complexity index is 677. The number of nitrogens with one attached hydrogen (secondary N) is 1. The molecule has 0 atom stereocenters. The average Bonchev–Trinajstić information content (AvgIpc) is 2.36. The molecule has 0 bridgehead atoms. The van der Waals surface area contributed by atoms with Gasteiger partial charge in [-0.1, -0.05) is 0 Å². The molecule has 1 heterocycles. The average molecular weight is 277 g/mol. The number of benzene rings is 1. The lowest BCUT2D eigenvalue weighted by Gasteiger charge is -2.07. The van der Waals surface area contributed by atoms with Crippen LogP contribution < -0.4 is 10.9 Å². The molecular weight excluding hydrogens is 262 g/mol. The summed E-state index contributed by atoms with van der Waals surface area (Å²) in [5.41, 5.74) is 0.608. The Hall–Kier alpha value is -2.34. The van der Waals surface area contributed by atoms with Gasteiger partial charge in [-0.2, -0.15) is 0 Å². The predicted octanol–water partition coefficient (Wildman–Crippen LogP) is 1.45. The molecule has 0 saturated carbocycles. The highest BCUT2D eigenvalue weighted by Gasteiger charge is 2.06. The van der Waals surface area contributed by atoms with Gasteiger partial charge in [0.1, 0.15) is 11.3 Å². The van der Waals surface area contributed by atoms with Gasteiger partial charge in [-0.3, -0.25) is 4.79 Å². The molecule has 0 aliphatic heterocycles. The number of carboxylic acids is 1. The second kappa shape index (κ2) is 6.21. The van der Waals surface area contributed by atoms with E-state index in [0.29, 0.717) is 25.1 Å². The molecule has 3 N–H and O–H groups in total. The van der Waals surface area contributed by atoms with E-state index in [1.165, 1.54) is 18.2 Å². The van der Waals surface area contributed by atoms with Crippen molar-refractivity contribution in [1.29, 1.82) is 0 Å². The van der Waals surface area contributed by atoms with Crippen LogP contribution in [0.3, 0.4) is 0 Å². The van der Waals surface area contributed by atoms with Crippen molar-refractivity contribution >= 4 is 16.9 Å². The van der Waals surface area contributed by atoms with Crippen molar-refractivity contribution in [3.05, 3.63) is 40.2 Å². The van der Waals surface area contributed by atoms with Crippen molar-refractivity contribution in [3.63, 3.8) is 0 Å². The van der Waals surface area contributed by atoms with Crippen molar-refractivity contribution in [2.24, 2.45) is 0 Å². The molecule has 0 aliphatic carbocycles. The summed E-state index contributed by atoms with van der Waals surface area (Å²) < 4.78 is 5.02. The molecule has 0 amide bonds. The van der Waals surface area contributed by atoms with Gasteiger partial charge in [0.25, 0.3) is 0 Å². The fourth-order valence-electron chi connectivity index (χ4n) is 1.95. The third-order valence-electron chi connectivity index (χ3n) is 2.87. The second-order valence-corrected chi connectivity index (χ2v) is 4.45. The van der Waals surface area contributed by atoms with Crippen molar-refractivity contribution in [1.82, 2.24) is 5.32 Å². The number of fused-ring (bicyclic) bond motifs is 1. The van der Waals surface area contributed by atoms with Gasteiger partial charge in [-0.25, -0.2) is 4.79 Å². The first-order chi connectivity index (χ1) is 9.56. The van der Waals surface area contributed by atoms with E-state index in [9.17, 15) is 14.7 Å². The highest BCUT2D eigenvalue weighted by Crippen LogP contribution is 2.21. The quantitative estimate of drug-likeness (QED) is 0.546. The Kier molecular flexibility index (Phi) is 4.37. The molecule has 0 aliphatic rings. The summed E-state index contributed by atoms with van der Waals surface area (Å²) in [5, 5.41) is 21.7. The van der Waals surface area contributed by atoms with Crippen LogP contribution in [0.4, 0.5) is 0 Å². The minimum Gasteiger partial charge on any atom is -0.508 e. The molecule has 0 unspecified atom stereocenters. The van der Waals surface area contributed by atoms with E-state index in [4.69, 9.17) is 9.52 Å². The Labute approximate surface area is 114 Å². The molecule has 2 rings (SSSR count). The zero-order valence-electron chi connectivity index (χ0n) is 10.8. The Morgan fingerprint density at radius 1 is 1.30 bits per heavy atom. The minimum absolute atomic E-state index is 0.0345. The number of hydrogen-bond donors (Lipinski definition) is 3. The molecule has 0 spiro atoms. The molecule has 1 aromatic heterocycles.